The topological polar surface area (TPSA) is 114 Å². The maximum absolute atomic E-state index is 13.0. The van der Waals surface area contributed by atoms with Crippen molar-refractivity contribution in [1.29, 1.82) is 0 Å². The monoisotopic (exact) mass is 570 g/mol. The number of carbonyl (C=O) groups is 3. The van der Waals surface area contributed by atoms with Gasteiger partial charge in [-0.05, 0) is 73.1 Å². The van der Waals surface area contributed by atoms with Crippen LogP contribution in [0.4, 0.5) is 0 Å². The molecule has 42 heavy (non-hydrogen) atoms. The van der Waals surface area contributed by atoms with Gasteiger partial charge in [-0.1, -0.05) is 12.1 Å². The second-order valence-electron chi connectivity index (χ2n) is 11.6. The van der Waals surface area contributed by atoms with E-state index in [4.69, 9.17) is 13.9 Å². The Bertz CT molecular complexity index is 1490. The van der Waals surface area contributed by atoms with Gasteiger partial charge in [0, 0.05) is 50.4 Å². The van der Waals surface area contributed by atoms with E-state index in [0.717, 1.165) is 62.5 Å². The number of oxazole rings is 1. The van der Waals surface area contributed by atoms with E-state index in [9.17, 15) is 14.4 Å². The quantitative estimate of drug-likeness (QED) is 0.429. The Kier molecular flexibility index (Phi) is 7.25. The van der Waals surface area contributed by atoms with Gasteiger partial charge in [0.1, 0.15) is 23.7 Å². The number of carbonyl (C=O) groups excluding carboxylic acids is 3. The molecule has 0 spiro atoms. The van der Waals surface area contributed by atoms with Crippen LogP contribution < -0.4 is 10.1 Å². The Labute approximate surface area is 244 Å². The minimum Gasteiger partial charge on any atom is -0.489 e. The van der Waals surface area contributed by atoms with Crippen molar-refractivity contribution in [3.05, 3.63) is 71.1 Å². The van der Waals surface area contributed by atoms with Gasteiger partial charge in [-0.3, -0.25) is 24.6 Å². The van der Waals surface area contributed by atoms with E-state index in [-0.39, 0.29) is 24.3 Å². The number of rotatable bonds is 7. The van der Waals surface area contributed by atoms with E-state index in [1.165, 1.54) is 5.56 Å². The Hall–Kier alpha value is -4.02. The van der Waals surface area contributed by atoms with E-state index in [1.807, 2.05) is 18.3 Å². The third kappa shape index (κ3) is 5.44. The van der Waals surface area contributed by atoms with Gasteiger partial charge >= 0.3 is 0 Å². The number of aromatic nitrogens is 1. The molecule has 5 heterocycles. The largest absolute Gasteiger partial charge is 0.489 e. The molecule has 10 heteroatoms. The standard InChI is InChI=1S/C32H34N4O6/c37-29-8-7-28(30(38)34-29)36-17-23-15-24(5-6-27(23)32(36)39)41-25-9-12-35(18-25)19-26-16-33-31(42-26)22-3-1-20(2-4-22)21-10-13-40-14-11-21/h1-6,15-16,21,25,28H,7-14,17-19H2,(H,34,37,38)/t25-,28?/m0/s1. The number of amides is 3. The molecule has 3 saturated heterocycles. The van der Waals surface area contributed by atoms with Crippen molar-refractivity contribution in [1.82, 2.24) is 20.1 Å². The Morgan fingerprint density at radius 3 is 2.64 bits per heavy atom. The first kappa shape index (κ1) is 26.9. The number of ether oxygens (including phenoxy) is 2. The second-order valence-corrected chi connectivity index (χ2v) is 11.6. The smallest absolute Gasteiger partial charge is 0.255 e. The number of nitrogens with zero attached hydrogens (tertiary/aromatic N) is 3. The summed E-state index contributed by atoms with van der Waals surface area (Å²) < 4.78 is 17.9. The lowest BCUT2D eigenvalue weighted by Gasteiger charge is -2.29. The highest BCUT2D eigenvalue weighted by molar-refractivity contribution is 6.05. The van der Waals surface area contributed by atoms with Crippen molar-refractivity contribution in [2.24, 2.45) is 0 Å². The van der Waals surface area contributed by atoms with Gasteiger partial charge < -0.3 is 18.8 Å². The molecule has 4 aliphatic rings. The minimum absolute atomic E-state index is 0.0199. The molecular formula is C32H34N4O6. The van der Waals surface area contributed by atoms with E-state index in [0.29, 0.717) is 42.6 Å². The van der Waals surface area contributed by atoms with Crippen LogP contribution >= 0.6 is 0 Å². The van der Waals surface area contributed by atoms with Gasteiger partial charge in [0.05, 0.1) is 12.7 Å². The molecule has 1 aromatic heterocycles. The fraction of sp³-hybridized carbons (Fsp3) is 0.438. The summed E-state index contributed by atoms with van der Waals surface area (Å²) in [5.74, 6) is 1.85. The van der Waals surface area contributed by atoms with Crippen molar-refractivity contribution in [3.8, 4) is 17.2 Å². The average molecular weight is 571 g/mol. The molecule has 0 aliphatic carbocycles. The Balaban J connectivity index is 0.931. The van der Waals surface area contributed by atoms with E-state index < -0.39 is 11.9 Å². The number of fused-ring (bicyclic) bond motifs is 1. The number of imide groups is 1. The number of hydrogen-bond acceptors (Lipinski definition) is 8. The van der Waals surface area contributed by atoms with Gasteiger partial charge in [0.25, 0.3) is 5.91 Å². The first-order valence-corrected chi connectivity index (χ1v) is 14.8. The molecule has 0 saturated carbocycles. The van der Waals surface area contributed by atoms with Crippen molar-refractivity contribution in [2.45, 2.75) is 63.3 Å². The maximum Gasteiger partial charge on any atom is 0.255 e. The second kappa shape index (κ2) is 11.3. The van der Waals surface area contributed by atoms with E-state index in [2.05, 4.69) is 39.5 Å². The number of nitrogens with one attached hydrogen (secondary N) is 1. The summed E-state index contributed by atoms with van der Waals surface area (Å²) in [5, 5.41) is 2.34. The fourth-order valence-electron chi connectivity index (χ4n) is 6.52. The highest BCUT2D eigenvalue weighted by Crippen LogP contribution is 2.32. The van der Waals surface area contributed by atoms with Crippen LogP contribution in [0.25, 0.3) is 11.5 Å². The molecule has 1 unspecified atom stereocenters. The molecule has 2 atom stereocenters. The molecule has 0 bridgehead atoms. The summed E-state index contributed by atoms with van der Waals surface area (Å²) in [7, 11) is 0. The molecule has 2 aromatic carbocycles. The summed E-state index contributed by atoms with van der Waals surface area (Å²) in [6.07, 6.45) is 5.43. The predicted molar refractivity (Wildman–Crippen MR) is 152 cm³/mol. The zero-order valence-electron chi connectivity index (χ0n) is 23.4. The van der Waals surface area contributed by atoms with Crippen LogP contribution in [0, 0.1) is 0 Å². The van der Waals surface area contributed by atoms with E-state index >= 15 is 0 Å². The highest BCUT2D eigenvalue weighted by atomic mass is 16.5. The van der Waals surface area contributed by atoms with Crippen molar-refractivity contribution >= 4 is 17.7 Å². The lowest BCUT2D eigenvalue weighted by molar-refractivity contribution is -0.136. The Morgan fingerprint density at radius 2 is 1.83 bits per heavy atom. The first-order chi connectivity index (χ1) is 20.5. The molecule has 3 fully saturated rings. The molecule has 218 valence electrons. The number of likely N-dealkylation sites (tertiary alicyclic amines) is 1. The van der Waals surface area contributed by atoms with Gasteiger partial charge in [0.2, 0.25) is 17.7 Å². The summed E-state index contributed by atoms with van der Waals surface area (Å²) in [4.78, 5) is 45.2. The number of piperidine rings is 1. The van der Waals surface area contributed by atoms with Crippen molar-refractivity contribution in [3.63, 3.8) is 0 Å². The zero-order chi connectivity index (χ0) is 28.6. The molecule has 3 aromatic rings. The third-order valence-electron chi connectivity index (χ3n) is 8.81. The van der Waals surface area contributed by atoms with Gasteiger partial charge in [-0.2, -0.15) is 0 Å². The first-order valence-electron chi connectivity index (χ1n) is 14.8. The third-order valence-corrected chi connectivity index (χ3v) is 8.81. The van der Waals surface area contributed by atoms with Crippen LogP contribution in [0.5, 0.6) is 5.75 Å². The predicted octanol–water partition coefficient (Wildman–Crippen LogP) is 3.65. The molecule has 3 amide bonds. The zero-order valence-corrected chi connectivity index (χ0v) is 23.4. The van der Waals surface area contributed by atoms with Gasteiger partial charge in [0.15, 0.2) is 0 Å². The molecule has 1 N–H and O–H groups in total. The van der Waals surface area contributed by atoms with Crippen LogP contribution in [0.3, 0.4) is 0 Å². The fourth-order valence-corrected chi connectivity index (χ4v) is 6.52. The summed E-state index contributed by atoms with van der Waals surface area (Å²) in [5.41, 5.74) is 3.75. The lowest BCUT2D eigenvalue weighted by atomic mass is 9.91. The van der Waals surface area contributed by atoms with Crippen LogP contribution in [-0.2, 0) is 27.4 Å². The van der Waals surface area contributed by atoms with Crippen LogP contribution in [0.15, 0.2) is 53.1 Å². The van der Waals surface area contributed by atoms with Crippen LogP contribution in [-0.4, -0.2) is 71.0 Å². The Morgan fingerprint density at radius 1 is 1.00 bits per heavy atom. The molecular weight excluding hydrogens is 536 g/mol. The molecule has 4 aliphatic heterocycles. The van der Waals surface area contributed by atoms with E-state index in [1.54, 1.807) is 11.0 Å². The molecule has 0 radical (unpaired) electrons. The average Bonchev–Trinajstić information content (AvgIpc) is 3.73. The molecule has 7 rings (SSSR count). The number of hydrogen-bond donors (Lipinski definition) is 1. The SMILES string of the molecule is O=C1CCC(N2Cc3cc(O[C@H]4CCN(Cc5cnc(-c6ccc(C7CCOCC7)cc6)o5)C4)ccc3C2=O)C(=O)N1. The normalized spacial score (nSPS) is 23.3. The van der Waals surface area contributed by atoms with Crippen molar-refractivity contribution in [2.75, 3.05) is 26.3 Å². The number of benzene rings is 2. The molecule has 10 nitrogen and oxygen atoms in total. The lowest BCUT2D eigenvalue weighted by Crippen LogP contribution is -2.52. The van der Waals surface area contributed by atoms with Crippen molar-refractivity contribution < 1.29 is 28.3 Å². The summed E-state index contributed by atoms with van der Waals surface area (Å²) >= 11 is 0. The van der Waals surface area contributed by atoms with Gasteiger partial charge in [-0.15, -0.1) is 0 Å². The van der Waals surface area contributed by atoms with Crippen LogP contribution in [0.2, 0.25) is 0 Å². The minimum atomic E-state index is -0.622. The van der Waals surface area contributed by atoms with Crippen LogP contribution in [0.1, 0.15) is 65.3 Å². The highest BCUT2D eigenvalue weighted by Gasteiger charge is 2.39. The summed E-state index contributed by atoms with van der Waals surface area (Å²) in [6.45, 7) is 4.30. The maximum atomic E-state index is 13.0. The summed E-state index contributed by atoms with van der Waals surface area (Å²) in [6, 6.07) is 13.4. The van der Waals surface area contributed by atoms with Gasteiger partial charge in [-0.25, -0.2) is 4.98 Å².